The molecule has 5 atom stereocenters. The highest BCUT2D eigenvalue weighted by molar-refractivity contribution is 7.86. The normalized spacial score (nSPS) is 28.7. The van der Waals surface area contributed by atoms with Crippen LogP contribution in [-0.2, 0) is 14.9 Å². The van der Waals surface area contributed by atoms with Crippen molar-refractivity contribution in [1.29, 1.82) is 0 Å². The summed E-state index contributed by atoms with van der Waals surface area (Å²) in [7, 11) is -4.96. The number of hydrogen-bond acceptors (Lipinski definition) is 9. The fourth-order valence-corrected chi connectivity index (χ4v) is 3.26. The Kier molecular flexibility index (Phi) is 5.37. The standard InChI is InChI=1S/C15H15FN2O8S/c16-13-9(5-8(6-18-13)7-1-3-17-4-2-7)25-14-11(20)10(19)12(21)15(26-14)27(22,23)24/h1-6,10-12,14-15,19-21H,(H,22,23,24)/t10-,11-,12+,14-,15?/m1/s1. The van der Waals surface area contributed by atoms with Gasteiger partial charge in [-0.15, -0.1) is 0 Å². The largest absolute Gasteiger partial charge is 0.457 e. The lowest BCUT2D eigenvalue weighted by Gasteiger charge is -2.38. The van der Waals surface area contributed by atoms with Crippen molar-refractivity contribution < 1.29 is 42.2 Å². The fraction of sp³-hybridized carbons (Fsp3) is 0.333. The Balaban J connectivity index is 1.89. The van der Waals surface area contributed by atoms with Crippen LogP contribution in [0.1, 0.15) is 0 Å². The zero-order chi connectivity index (χ0) is 19.8. The molecule has 0 spiro atoms. The minimum Gasteiger partial charge on any atom is -0.457 e. The number of aromatic nitrogens is 2. The summed E-state index contributed by atoms with van der Waals surface area (Å²) in [4.78, 5) is 7.37. The van der Waals surface area contributed by atoms with Crippen LogP contribution < -0.4 is 4.74 Å². The molecule has 4 N–H and O–H groups in total. The molecule has 1 saturated heterocycles. The first-order valence-corrected chi connectivity index (χ1v) is 9.07. The summed E-state index contributed by atoms with van der Waals surface area (Å²) >= 11 is 0. The first-order chi connectivity index (χ1) is 12.7. The van der Waals surface area contributed by atoms with Crippen LogP contribution in [0.25, 0.3) is 11.1 Å². The third-order valence-corrected chi connectivity index (χ3v) is 4.86. The lowest BCUT2D eigenvalue weighted by molar-refractivity contribution is -0.254. The van der Waals surface area contributed by atoms with Crippen LogP contribution in [0.4, 0.5) is 4.39 Å². The average Bonchev–Trinajstić information content (AvgIpc) is 2.63. The molecule has 146 valence electrons. The second kappa shape index (κ2) is 7.42. The number of hydrogen-bond donors (Lipinski definition) is 4. The van der Waals surface area contributed by atoms with Crippen LogP contribution in [0.2, 0.25) is 0 Å². The second-order valence-electron chi connectivity index (χ2n) is 5.73. The number of aliphatic hydroxyl groups is 3. The van der Waals surface area contributed by atoms with Crippen LogP contribution in [0.15, 0.2) is 36.8 Å². The SMILES string of the molecule is O=S(=O)(O)C1O[C@@H](Oc2cc(-c3ccncc3)cnc2F)[C@H](O)[C@@H](O)[C@@H]1O. The van der Waals surface area contributed by atoms with Crippen molar-refractivity contribution >= 4 is 10.1 Å². The van der Waals surface area contributed by atoms with E-state index in [1.165, 1.54) is 24.7 Å². The van der Waals surface area contributed by atoms with Gasteiger partial charge in [-0.05, 0) is 23.8 Å². The maximum Gasteiger partial charge on any atom is 0.295 e. The highest BCUT2D eigenvalue weighted by Gasteiger charge is 2.50. The van der Waals surface area contributed by atoms with Crippen LogP contribution in [0, 0.1) is 5.95 Å². The summed E-state index contributed by atoms with van der Waals surface area (Å²) in [5.41, 5.74) is -1.25. The molecular weight excluding hydrogens is 387 g/mol. The van der Waals surface area contributed by atoms with Gasteiger partial charge in [0.1, 0.15) is 18.3 Å². The quantitative estimate of drug-likeness (QED) is 0.381. The van der Waals surface area contributed by atoms with Crippen molar-refractivity contribution in [2.24, 2.45) is 0 Å². The van der Waals surface area contributed by atoms with Crippen molar-refractivity contribution in [3.05, 3.63) is 42.7 Å². The highest BCUT2D eigenvalue weighted by Crippen LogP contribution is 2.29. The fourth-order valence-electron chi connectivity index (χ4n) is 2.50. The summed E-state index contributed by atoms with van der Waals surface area (Å²) in [5, 5.41) is 29.4. The van der Waals surface area contributed by atoms with Gasteiger partial charge in [0.2, 0.25) is 11.7 Å². The van der Waals surface area contributed by atoms with Crippen LogP contribution in [-0.4, -0.2) is 68.3 Å². The predicted octanol–water partition coefficient (Wildman–Crippen LogP) is -0.686. The van der Waals surface area contributed by atoms with Crippen molar-refractivity contribution in [2.75, 3.05) is 0 Å². The minimum absolute atomic E-state index is 0.422. The average molecular weight is 402 g/mol. The number of rotatable bonds is 4. The van der Waals surface area contributed by atoms with Crippen molar-refractivity contribution in [3.8, 4) is 16.9 Å². The Labute approximate surface area is 152 Å². The third-order valence-electron chi connectivity index (χ3n) is 3.88. The number of ether oxygens (including phenoxy) is 2. The lowest BCUT2D eigenvalue weighted by Crippen LogP contribution is -2.61. The molecule has 10 nitrogen and oxygen atoms in total. The maximum absolute atomic E-state index is 14.0. The van der Waals surface area contributed by atoms with E-state index in [4.69, 9.17) is 14.0 Å². The van der Waals surface area contributed by atoms with Gasteiger partial charge in [-0.25, -0.2) is 4.98 Å². The van der Waals surface area contributed by atoms with Crippen LogP contribution >= 0.6 is 0 Å². The van der Waals surface area contributed by atoms with Gasteiger partial charge in [0.15, 0.2) is 5.75 Å². The third kappa shape index (κ3) is 4.05. The van der Waals surface area contributed by atoms with Crippen LogP contribution in [0.5, 0.6) is 5.75 Å². The molecule has 1 fully saturated rings. The molecule has 12 heteroatoms. The zero-order valence-electron chi connectivity index (χ0n) is 13.5. The molecule has 0 aromatic carbocycles. The summed E-state index contributed by atoms with van der Waals surface area (Å²) < 4.78 is 55.6. The summed E-state index contributed by atoms with van der Waals surface area (Å²) in [6, 6.07) is 4.46. The van der Waals surface area contributed by atoms with E-state index in [-0.39, 0.29) is 0 Å². The highest BCUT2D eigenvalue weighted by atomic mass is 32.2. The van der Waals surface area contributed by atoms with E-state index in [0.717, 1.165) is 0 Å². The van der Waals surface area contributed by atoms with Crippen molar-refractivity contribution in [3.63, 3.8) is 0 Å². The number of aliphatic hydroxyl groups excluding tert-OH is 3. The van der Waals surface area contributed by atoms with Crippen molar-refractivity contribution in [2.45, 2.75) is 30.0 Å². The van der Waals surface area contributed by atoms with E-state index in [9.17, 15) is 28.1 Å². The molecule has 3 rings (SSSR count). The molecule has 0 radical (unpaired) electrons. The van der Waals surface area contributed by atoms with E-state index in [1.54, 1.807) is 12.1 Å². The lowest BCUT2D eigenvalue weighted by atomic mass is 10.1. The molecule has 1 aliphatic heterocycles. The second-order valence-corrected chi connectivity index (χ2v) is 7.22. The summed E-state index contributed by atoms with van der Waals surface area (Å²) in [5.74, 6) is -1.60. The van der Waals surface area contributed by atoms with Gasteiger partial charge in [0.25, 0.3) is 16.1 Å². The van der Waals surface area contributed by atoms with E-state index >= 15 is 0 Å². The molecular formula is C15H15FN2O8S. The van der Waals surface area contributed by atoms with Gasteiger partial charge < -0.3 is 24.8 Å². The van der Waals surface area contributed by atoms with Crippen LogP contribution in [0.3, 0.4) is 0 Å². The number of halogens is 1. The first-order valence-electron chi connectivity index (χ1n) is 7.57. The van der Waals surface area contributed by atoms with Gasteiger partial charge in [0, 0.05) is 24.2 Å². The Hall–Kier alpha value is -2.22. The van der Waals surface area contributed by atoms with E-state index < -0.39 is 51.9 Å². The topological polar surface area (TPSA) is 159 Å². The molecule has 2 aromatic heterocycles. The molecule has 0 saturated carbocycles. The van der Waals surface area contributed by atoms with Crippen molar-refractivity contribution in [1.82, 2.24) is 9.97 Å². The van der Waals surface area contributed by atoms with Gasteiger partial charge in [-0.2, -0.15) is 12.8 Å². The maximum atomic E-state index is 14.0. The summed E-state index contributed by atoms with van der Waals surface area (Å²) in [6.07, 6.45) is -3.78. The van der Waals surface area contributed by atoms with Gasteiger partial charge in [-0.1, -0.05) is 0 Å². The molecule has 1 aliphatic rings. The number of nitrogens with zero attached hydrogens (tertiary/aromatic N) is 2. The molecule has 0 bridgehead atoms. The van der Waals surface area contributed by atoms with E-state index in [0.29, 0.717) is 11.1 Å². The Morgan fingerprint density at radius 2 is 1.74 bits per heavy atom. The van der Waals surface area contributed by atoms with Gasteiger partial charge >= 0.3 is 0 Å². The zero-order valence-corrected chi connectivity index (χ0v) is 14.3. The monoisotopic (exact) mass is 402 g/mol. The Morgan fingerprint density at radius 3 is 2.37 bits per heavy atom. The Bertz CT molecular complexity index is 913. The van der Waals surface area contributed by atoms with E-state index in [2.05, 4.69) is 9.97 Å². The molecule has 0 amide bonds. The Morgan fingerprint density at radius 1 is 1.07 bits per heavy atom. The van der Waals surface area contributed by atoms with Gasteiger partial charge in [0.05, 0.1) is 0 Å². The smallest absolute Gasteiger partial charge is 0.295 e. The molecule has 1 unspecified atom stereocenters. The van der Waals surface area contributed by atoms with Gasteiger partial charge in [-0.3, -0.25) is 9.54 Å². The molecule has 0 aliphatic carbocycles. The molecule has 2 aromatic rings. The molecule has 3 heterocycles. The number of pyridine rings is 2. The predicted molar refractivity (Wildman–Crippen MR) is 86.3 cm³/mol. The molecule has 27 heavy (non-hydrogen) atoms. The first kappa shape index (κ1) is 19.5. The summed E-state index contributed by atoms with van der Waals surface area (Å²) in [6.45, 7) is 0. The van der Waals surface area contributed by atoms with E-state index in [1.807, 2.05) is 0 Å². The minimum atomic E-state index is -4.96.